The molecule has 1 aliphatic rings. The molecule has 5 heteroatoms. The molecule has 0 aliphatic heterocycles. The van der Waals surface area contributed by atoms with Crippen LogP contribution >= 0.6 is 15.9 Å². The van der Waals surface area contributed by atoms with Crippen molar-refractivity contribution in [2.45, 2.75) is 56.4 Å². The third-order valence-electron chi connectivity index (χ3n) is 3.57. The largest absolute Gasteiger partial charge is 0.379 e. The van der Waals surface area contributed by atoms with E-state index in [9.17, 15) is 0 Å². The molecule has 0 amide bonds. The first kappa shape index (κ1) is 19.4. The van der Waals surface area contributed by atoms with Gasteiger partial charge in [-0.1, -0.05) is 42.1 Å². The molecule has 0 aromatic heterocycles. The summed E-state index contributed by atoms with van der Waals surface area (Å²) in [5.74, 6) is 0. The molecule has 1 fully saturated rings. The fourth-order valence-corrected chi connectivity index (χ4v) is 3.03. The van der Waals surface area contributed by atoms with Crippen LogP contribution in [0.5, 0.6) is 0 Å². The zero-order valence-electron chi connectivity index (χ0n) is 13.4. The quantitative estimate of drug-likeness (QED) is 0.369. The molecule has 0 aromatic rings. The van der Waals surface area contributed by atoms with Crippen LogP contribution in [0.1, 0.15) is 45.4 Å². The van der Waals surface area contributed by atoms with Crippen LogP contribution in [-0.4, -0.2) is 57.2 Å². The summed E-state index contributed by atoms with van der Waals surface area (Å²) in [6, 6.07) is 0. The van der Waals surface area contributed by atoms with E-state index in [2.05, 4.69) is 22.9 Å². The number of halogens is 1. The van der Waals surface area contributed by atoms with Crippen LogP contribution in [0.3, 0.4) is 0 Å². The Kier molecular flexibility index (Phi) is 12.9. The van der Waals surface area contributed by atoms with Crippen LogP contribution in [0.15, 0.2) is 0 Å². The first-order valence-electron chi connectivity index (χ1n) is 8.33. The number of rotatable bonds is 13. The summed E-state index contributed by atoms with van der Waals surface area (Å²) in [6.07, 6.45) is 7.63. The van der Waals surface area contributed by atoms with Crippen molar-refractivity contribution in [1.82, 2.24) is 0 Å². The Morgan fingerprint density at radius 3 is 2.00 bits per heavy atom. The van der Waals surface area contributed by atoms with Crippen molar-refractivity contribution in [2.75, 3.05) is 46.2 Å². The van der Waals surface area contributed by atoms with E-state index in [0.29, 0.717) is 50.6 Å². The lowest BCUT2D eigenvalue weighted by molar-refractivity contribution is -0.0245. The molecule has 0 spiro atoms. The van der Waals surface area contributed by atoms with Crippen molar-refractivity contribution in [3.63, 3.8) is 0 Å². The monoisotopic (exact) mass is 366 g/mol. The standard InChI is InChI=1S/C16H31BrO4/c1-2-3-8-18-9-10-19-11-12-20-13-14-21-16-7-5-4-6-15(16)17/h15-16H,2-14H2,1H3. The van der Waals surface area contributed by atoms with Crippen molar-refractivity contribution >= 4 is 15.9 Å². The second kappa shape index (κ2) is 13.9. The van der Waals surface area contributed by atoms with Gasteiger partial charge in [0.2, 0.25) is 0 Å². The van der Waals surface area contributed by atoms with Crippen molar-refractivity contribution in [2.24, 2.45) is 0 Å². The number of unbranched alkanes of at least 4 members (excludes halogenated alkanes) is 1. The molecule has 0 saturated heterocycles. The molecule has 4 nitrogen and oxygen atoms in total. The van der Waals surface area contributed by atoms with Gasteiger partial charge in [-0.15, -0.1) is 0 Å². The summed E-state index contributed by atoms with van der Waals surface area (Å²) >= 11 is 3.69. The molecule has 1 aliphatic carbocycles. The number of alkyl halides is 1. The third-order valence-corrected chi connectivity index (χ3v) is 4.62. The van der Waals surface area contributed by atoms with E-state index < -0.39 is 0 Å². The van der Waals surface area contributed by atoms with Gasteiger partial charge in [0.15, 0.2) is 0 Å². The van der Waals surface area contributed by atoms with E-state index in [-0.39, 0.29) is 0 Å². The van der Waals surface area contributed by atoms with Crippen LogP contribution < -0.4 is 0 Å². The van der Waals surface area contributed by atoms with Gasteiger partial charge in [0, 0.05) is 11.4 Å². The summed E-state index contributed by atoms with van der Waals surface area (Å²) in [4.78, 5) is 0.516. The Bertz CT molecular complexity index is 228. The molecule has 1 rings (SSSR count). The first-order valence-corrected chi connectivity index (χ1v) is 9.25. The van der Waals surface area contributed by atoms with Gasteiger partial charge < -0.3 is 18.9 Å². The minimum absolute atomic E-state index is 0.360. The second-order valence-corrected chi connectivity index (χ2v) is 6.58. The van der Waals surface area contributed by atoms with E-state index >= 15 is 0 Å². The van der Waals surface area contributed by atoms with E-state index in [1.807, 2.05) is 0 Å². The Morgan fingerprint density at radius 1 is 0.810 bits per heavy atom. The van der Waals surface area contributed by atoms with Crippen molar-refractivity contribution in [1.29, 1.82) is 0 Å². The smallest absolute Gasteiger partial charge is 0.0704 e. The van der Waals surface area contributed by atoms with Gasteiger partial charge in [-0.2, -0.15) is 0 Å². The van der Waals surface area contributed by atoms with Gasteiger partial charge in [-0.05, 0) is 19.3 Å². The minimum atomic E-state index is 0.360. The summed E-state index contributed by atoms with van der Waals surface area (Å²) in [7, 11) is 0. The van der Waals surface area contributed by atoms with E-state index in [1.54, 1.807) is 0 Å². The number of ether oxygens (including phenoxy) is 4. The van der Waals surface area contributed by atoms with Crippen LogP contribution in [0.25, 0.3) is 0 Å². The highest BCUT2D eigenvalue weighted by atomic mass is 79.9. The zero-order valence-corrected chi connectivity index (χ0v) is 14.9. The Hall–Kier alpha value is 0.320. The lowest BCUT2D eigenvalue weighted by Crippen LogP contribution is -2.29. The molecule has 0 radical (unpaired) electrons. The van der Waals surface area contributed by atoms with E-state index in [4.69, 9.17) is 18.9 Å². The molecule has 126 valence electrons. The zero-order chi connectivity index (χ0) is 15.2. The fraction of sp³-hybridized carbons (Fsp3) is 1.00. The molecule has 2 unspecified atom stereocenters. The van der Waals surface area contributed by atoms with Crippen LogP contribution in [0.4, 0.5) is 0 Å². The molecule has 2 atom stereocenters. The van der Waals surface area contributed by atoms with Crippen molar-refractivity contribution in [3.8, 4) is 0 Å². The predicted molar refractivity (Wildman–Crippen MR) is 88.3 cm³/mol. The summed E-state index contributed by atoms with van der Waals surface area (Å²) in [6.45, 7) is 6.90. The molecular weight excluding hydrogens is 336 g/mol. The highest BCUT2D eigenvalue weighted by molar-refractivity contribution is 9.09. The van der Waals surface area contributed by atoms with Crippen molar-refractivity contribution in [3.05, 3.63) is 0 Å². The fourth-order valence-electron chi connectivity index (χ4n) is 2.29. The van der Waals surface area contributed by atoms with E-state index in [0.717, 1.165) is 19.4 Å². The number of hydrogen-bond donors (Lipinski definition) is 0. The van der Waals surface area contributed by atoms with Gasteiger partial charge in [0.25, 0.3) is 0 Å². The topological polar surface area (TPSA) is 36.9 Å². The predicted octanol–water partition coefficient (Wildman–Crippen LogP) is 3.56. The maximum absolute atomic E-state index is 5.85. The normalized spacial score (nSPS) is 22.6. The Morgan fingerprint density at radius 2 is 1.38 bits per heavy atom. The Labute approximate surface area is 138 Å². The lowest BCUT2D eigenvalue weighted by Gasteiger charge is -2.27. The van der Waals surface area contributed by atoms with Gasteiger partial charge in [0.1, 0.15) is 0 Å². The molecule has 0 bridgehead atoms. The SMILES string of the molecule is CCCCOCCOCCOCCOC1CCCCC1Br. The first-order chi connectivity index (χ1) is 10.3. The molecule has 0 N–H and O–H groups in total. The van der Waals surface area contributed by atoms with Crippen LogP contribution in [0, 0.1) is 0 Å². The maximum atomic E-state index is 5.85. The number of hydrogen-bond acceptors (Lipinski definition) is 4. The van der Waals surface area contributed by atoms with Gasteiger partial charge in [-0.25, -0.2) is 0 Å². The summed E-state index contributed by atoms with van der Waals surface area (Å²) in [5.41, 5.74) is 0. The van der Waals surface area contributed by atoms with Gasteiger partial charge >= 0.3 is 0 Å². The molecule has 21 heavy (non-hydrogen) atoms. The molecule has 0 aromatic carbocycles. The van der Waals surface area contributed by atoms with Crippen LogP contribution in [-0.2, 0) is 18.9 Å². The van der Waals surface area contributed by atoms with E-state index in [1.165, 1.54) is 25.7 Å². The van der Waals surface area contributed by atoms with Crippen molar-refractivity contribution < 1.29 is 18.9 Å². The summed E-state index contributed by atoms with van der Waals surface area (Å²) in [5, 5.41) is 0. The molecule has 0 heterocycles. The maximum Gasteiger partial charge on any atom is 0.0704 e. The average molecular weight is 367 g/mol. The molecule has 1 saturated carbocycles. The summed E-state index contributed by atoms with van der Waals surface area (Å²) < 4.78 is 22.2. The molecular formula is C16H31BrO4. The third kappa shape index (κ3) is 10.6. The average Bonchev–Trinajstić information content (AvgIpc) is 2.50. The van der Waals surface area contributed by atoms with Gasteiger partial charge in [-0.3, -0.25) is 0 Å². The van der Waals surface area contributed by atoms with Crippen LogP contribution in [0.2, 0.25) is 0 Å². The lowest BCUT2D eigenvalue weighted by atomic mass is 9.98. The van der Waals surface area contributed by atoms with Gasteiger partial charge in [0.05, 0.1) is 45.7 Å². The highest BCUT2D eigenvalue weighted by Gasteiger charge is 2.22. The second-order valence-electron chi connectivity index (χ2n) is 5.40. The minimum Gasteiger partial charge on any atom is -0.379 e. The Balaban J connectivity index is 1.76. The highest BCUT2D eigenvalue weighted by Crippen LogP contribution is 2.26.